The highest BCUT2D eigenvalue weighted by molar-refractivity contribution is 6.31. The second-order valence-corrected chi connectivity index (χ2v) is 10.2. The van der Waals surface area contributed by atoms with Crippen molar-refractivity contribution in [1.29, 1.82) is 0 Å². The zero-order chi connectivity index (χ0) is 26.7. The highest BCUT2D eigenvalue weighted by Crippen LogP contribution is 2.50. The van der Waals surface area contributed by atoms with Crippen LogP contribution < -0.4 is 10.5 Å². The average Bonchev–Trinajstić information content (AvgIpc) is 3.11. The van der Waals surface area contributed by atoms with Gasteiger partial charge in [0.1, 0.15) is 17.2 Å². The number of rotatable bonds is 4. The lowest BCUT2D eigenvalue weighted by Crippen LogP contribution is -2.19. The van der Waals surface area contributed by atoms with Crippen LogP contribution in [0.15, 0.2) is 60.8 Å². The Labute approximate surface area is 215 Å². The van der Waals surface area contributed by atoms with Crippen molar-refractivity contribution >= 4 is 22.4 Å². The van der Waals surface area contributed by atoms with Crippen molar-refractivity contribution in [3.8, 4) is 16.9 Å². The predicted molar refractivity (Wildman–Crippen MR) is 134 cm³/mol. The Hall–Kier alpha value is -3.20. The summed E-state index contributed by atoms with van der Waals surface area (Å²) in [6.45, 7) is 3.22. The number of hydrogen-bond donors (Lipinski definition) is 2. The summed E-state index contributed by atoms with van der Waals surface area (Å²) in [5, 5.41) is 11.6. The third kappa shape index (κ3) is 4.89. The Morgan fingerprint density at radius 3 is 2.38 bits per heavy atom. The van der Waals surface area contributed by atoms with Gasteiger partial charge in [0.2, 0.25) is 0 Å². The number of nitrogens with zero attached hydrogens (tertiary/aromatic N) is 1. The minimum atomic E-state index is -4.88. The van der Waals surface area contributed by atoms with Crippen molar-refractivity contribution in [2.24, 2.45) is 5.73 Å². The molecular weight excluding hydrogens is 508 g/mol. The summed E-state index contributed by atoms with van der Waals surface area (Å²) in [6.07, 6.45) is -3.07. The Morgan fingerprint density at radius 2 is 1.73 bits per heavy atom. The quantitative estimate of drug-likeness (QED) is 0.271. The second-order valence-electron chi connectivity index (χ2n) is 9.75. The maximum Gasteiger partial charge on any atom is 0.573 e. The number of benzene rings is 3. The van der Waals surface area contributed by atoms with Crippen LogP contribution in [0.1, 0.15) is 54.6 Å². The SMILES string of the molecule is CC(C)(O)c1ccc(-c2cc3cc4c(cc3cc2F)C(N)CC4c2c(Cl)cccc2OC(F)(F)F)cn1. The van der Waals surface area contributed by atoms with Crippen LogP contribution in [0, 0.1) is 5.82 Å². The Morgan fingerprint density at radius 1 is 1.03 bits per heavy atom. The molecule has 1 aromatic heterocycles. The summed E-state index contributed by atoms with van der Waals surface area (Å²) >= 11 is 6.38. The molecule has 0 radical (unpaired) electrons. The molecule has 0 spiro atoms. The van der Waals surface area contributed by atoms with Gasteiger partial charge >= 0.3 is 6.36 Å². The van der Waals surface area contributed by atoms with E-state index < -0.39 is 29.7 Å². The Bertz CT molecular complexity index is 1500. The van der Waals surface area contributed by atoms with E-state index in [4.69, 9.17) is 17.3 Å². The average molecular weight is 531 g/mol. The van der Waals surface area contributed by atoms with E-state index in [0.717, 1.165) is 5.56 Å². The molecule has 0 aliphatic heterocycles. The van der Waals surface area contributed by atoms with E-state index in [0.29, 0.717) is 39.6 Å². The number of fused-ring (bicyclic) bond motifs is 2. The van der Waals surface area contributed by atoms with Crippen LogP contribution in [0.25, 0.3) is 21.9 Å². The van der Waals surface area contributed by atoms with Crippen molar-refractivity contribution in [2.75, 3.05) is 0 Å². The van der Waals surface area contributed by atoms with Gasteiger partial charge in [0.05, 0.1) is 5.69 Å². The first-order valence-corrected chi connectivity index (χ1v) is 12.0. The summed E-state index contributed by atoms with van der Waals surface area (Å²) in [5.74, 6) is -1.37. The Kier molecular flexibility index (Phi) is 6.17. The summed E-state index contributed by atoms with van der Waals surface area (Å²) in [4.78, 5) is 4.26. The van der Waals surface area contributed by atoms with Gasteiger partial charge in [-0.3, -0.25) is 4.98 Å². The van der Waals surface area contributed by atoms with E-state index >= 15 is 4.39 Å². The molecule has 0 bridgehead atoms. The molecule has 4 nitrogen and oxygen atoms in total. The fourth-order valence-corrected chi connectivity index (χ4v) is 5.26. The first kappa shape index (κ1) is 25.4. The van der Waals surface area contributed by atoms with E-state index in [1.54, 1.807) is 38.1 Å². The Balaban J connectivity index is 1.62. The first-order valence-electron chi connectivity index (χ1n) is 11.6. The molecule has 4 aromatic rings. The third-order valence-corrected chi connectivity index (χ3v) is 7.01. The molecule has 0 fully saturated rings. The maximum atomic E-state index is 15.1. The first-order chi connectivity index (χ1) is 17.3. The summed E-state index contributed by atoms with van der Waals surface area (Å²) < 4.78 is 58.8. The van der Waals surface area contributed by atoms with Crippen molar-refractivity contribution < 1.29 is 27.4 Å². The molecule has 0 saturated heterocycles. The van der Waals surface area contributed by atoms with Gasteiger partial charge in [0, 0.05) is 39.9 Å². The molecule has 3 N–H and O–H groups in total. The second kappa shape index (κ2) is 8.97. The van der Waals surface area contributed by atoms with Gasteiger partial charge in [-0.05, 0) is 78.6 Å². The largest absolute Gasteiger partial charge is 0.573 e. The lowest BCUT2D eigenvalue weighted by atomic mass is 9.90. The molecule has 0 saturated carbocycles. The summed E-state index contributed by atoms with van der Waals surface area (Å²) in [6, 6.07) is 13.7. The van der Waals surface area contributed by atoms with Gasteiger partial charge in [-0.1, -0.05) is 29.8 Å². The molecule has 3 aromatic carbocycles. The van der Waals surface area contributed by atoms with Gasteiger partial charge in [-0.25, -0.2) is 4.39 Å². The van der Waals surface area contributed by atoms with Gasteiger partial charge in [0.15, 0.2) is 0 Å². The number of aliphatic hydroxyl groups is 1. The standard InChI is InChI=1S/C28H23ClF4N2O2/c1-27(2,36)25-7-6-14(13-35-25)17-8-15-9-18-19(10-16(15)11-22(17)30)23(34)12-20(18)26-21(29)4-3-5-24(26)37-28(31,32)33/h3-11,13,20,23,36H,12,34H2,1-2H3. The smallest absolute Gasteiger partial charge is 0.405 e. The molecule has 37 heavy (non-hydrogen) atoms. The number of nitrogens with two attached hydrogens (primary N) is 1. The van der Waals surface area contributed by atoms with Gasteiger partial charge < -0.3 is 15.6 Å². The lowest BCUT2D eigenvalue weighted by Gasteiger charge is -2.20. The van der Waals surface area contributed by atoms with E-state index in [1.165, 1.54) is 30.5 Å². The molecule has 1 heterocycles. The number of aromatic nitrogens is 1. The van der Waals surface area contributed by atoms with Gasteiger partial charge in [-0.2, -0.15) is 0 Å². The molecule has 9 heteroatoms. The summed E-state index contributed by atoms with van der Waals surface area (Å²) in [5.41, 5.74) is 8.16. The number of hydrogen-bond acceptors (Lipinski definition) is 4. The fourth-order valence-electron chi connectivity index (χ4n) is 4.97. The van der Waals surface area contributed by atoms with Crippen LogP contribution in [0.5, 0.6) is 5.75 Å². The van der Waals surface area contributed by atoms with Gasteiger partial charge in [-0.15, -0.1) is 13.2 Å². The van der Waals surface area contributed by atoms with Crippen LogP contribution in [0.2, 0.25) is 5.02 Å². The summed E-state index contributed by atoms with van der Waals surface area (Å²) in [7, 11) is 0. The van der Waals surface area contributed by atoms with Crippen molar-refractivity contribution in [1.82, 2.24) is 4.98 Å². The molecule has 2 atom stereocenters. The fraction of sp³-hybridized carbons (Fsp3) is 0.250. The zero-order valence-electron chi connectivity index (χ0n) is 19.9. The van der Waals surface area contributed by atoms with Gasteiger partial charge in [0.25, 0.3) is 0 Å². The van der Waals surface area contributed by atoms with Crippen LogP contribution in [0.3, 0.4) is 0 Å². The van der Waals surface area contributed by atoms with Crippen LogP contribution in [-0.2, 0) is 5.60 Å². The number of alkyl halides is 3. The van der Waals surface area contributed by atoms with Crippen LogP contribution in [-0.4, -0.2) is 16.5 Å². The number of halogens is 5. The predicted octanol–water partition coefficient (Wildman–Crippen LogP) is 7.36. The van der Waals surface area contributed by atoms with E-state index in [-0.39, 0.29) is 16.3 Å². The highest BCUT2D eigenvalue weighted by Gasteiger charge is 2.37. The molecule has 2 unspecified atom stereocenters. The monoisotopic (exact) mass is 530 g/mol. The molecule has 5 rings (SSSR count). The molecular formula is C28H23ClF4N2O2. The topological polar surface area (TPSA) is 68.4 Å². The lowest BCUT2D eigenvalue weighted by molar-refractivity contribution is -0.274. The van der Waals surface area contributed by atoms with E-state index in [2.05, 4.69) is 9.72 Å². The third-order valence-electron chi connectivity index (χ3n) is 6.68. The minimum Gasteiger partial charge on any atom is -0.405 e. The van der Waals surface area contributed by atoms with E-state index in [1.807, 2.05) is 6.07 Å². The highest BCUT2D eigenvalue weighted by atomic mass is 35.5. The van der Waals surface area contributed by atoms with Crippen molar-refractivity contribution in [3.63, 3.8) is 0 Å². The minimum absolute atomic E-state index is 0.143. The normalized spacial score (nSPS) is 17.8. The zero-order valence-corrected chi connectivity index (χ0v) is 20.7. The molecule has 1 aliphatic carbocycles. The molecule has 0 amide bonds. The van der Waals surface area contributed by atoms with E-state index in [9.17, 15) is 18.3 Å². The van der Waals surface area contributed by atoms with Crippen LogP contribution in [0.4, 0.5) is 17.6 Å². The number of pyridine rings is 1. The molecule has 1 aliphatic rings. The molecule has 192 valence electrons. The van der Waals surface area contributed by atoms with Crippen molar-refractivity contribution in [3.05, 3.63) is 94.0 Å². The maximum absolute atomic E-state index is 15.1. The van der Waals surface area contributed by atoms with Crippen molar-refractivity contribution in [2.45, 2.75) is 44.2 Å². The number of ether oxygens (including phenoxy) is 1. The van der Waals surface area contributed by atoms with Crippen LogP contribution >= 0.6 is 11.6 Å².